The Morgan fingerprint density at radius 1 is 1.20 bits per heavy atom. The van der Waals surface area contributed by atoms with Gasteiger partial charge in [-0.2, -0.15) is 0 Å². The predicted octanol–water partition coefficient (Wildman–Crippen LogP) is 1.29. The summed E-state index contributed by atoms with van der Waals surface area (Å²) in [6, 6.07) is 11.1. The first-order valence-corrected chi connectivity index (χ1v) is 7.06. The monoisotopic (exact) mass is 272 g/mol. The van der Waals surface area contributed by atoms with Gasteiger partial charge < -0.3 is 5.32 Å². The van der Waals surface area contributed by atoms with Crippen LogP contribution >= 0.6 is 0 Å². The summed E-state index contributed by atoms with van der Waals surface area (Å²) in [5.41, 5.74) is 1.39. The van der Waals surface area contributed by atoms with Gasteiger partial charge in [0.2, 0.25) is 5.95 Å². The molecule has 0 unspecified atom stereocenters. The summed E-state index contributed by atoms with van der Waals surface area (Å²) < 4.78 is 1.68. The molecule has 0 spiro atoms. The van der Waals surface area contributed by atoms with E-state index in [1.54, 1.807) is 4.68 Å². The highest BCUT2D eigenvalue weighted by molar-refractivity contribution is 5.23. The van der Waals surface area contributed by atoms with Crippen molar-refractivity contribution >= 4 is 5.95 Å². The van der Waals surface area contributed by atoms with Crippen molar-refractivity contribution in [3.63, 3.8) is 0 Å². The van der Waals surface area contributed by atoms with Crippen LogP contribution in [0, 0.1) is 0 Å². The first-order valence-electron chi connectivity index (χ1n) is 7.06. The van der Waals surface area contributed by atoms with Crippen molar-refractivity contribution in [1.82, 2.24) is 25.1 Å². The summed E-state index contributed by atoms with van der Waals surface area (Å²) in [5.74, 6) is 0.756. The third-order valence-corrected chi connectivity index (χ3v) is 3.79. The fourth-order valence-corrected chi connectivity index (χ4v) is 2.61. The quantitative estimate of drug-likeness (QED) is 0.908. The molecule has 0 radical (unpaired) electrons. The molecular formula is C14H20N6. The van der Waals surface area contributed by atoms with Crippen LogP contribution in [0.4, 0.5) is 5.95 Å². The third kappa shape index (κ3) is 3.14. The van der Waals surface area contributed by atoms with Gasteiger partial charge in [0.05, 0.1) is 0 Å². The average molecular weight is 272 g/mol. The lowest BCUT2D eigenvalue weighted by molar-refractivity contribution is 0.211. The van der Waals surface area contributed by atoms with Gasteiger partial charge in [0.1, 0.15) is 0 Å². The first-order chi connectivity index (χ1) is 9.81. The number of hydrogen-bond donors (Lipinski definition) is 1. The van der Waals surface area contributed by atoms with Crippen LogP contribution in [0.2, 0.25) is 0 Å². The van der Waals surface area contributed by atoms with Crippen LogP contribution in [0.25, 0.3) is 0 Å². The smallest absolute Gasteiger partial charge is 0.242 e. The molecule has 2 heterocycles. The lowest BCUT2D eigenvalue weighted by atomic mass is 10.0. The van der Waals surface area contributed by atoms with Gasteiger partial charge in [-0.3, -0.25) is 4.90 Å². The minimum Gasteiger partial charge on any atom is -0.350 e. The average Bonchev–Trinajstić information content (AvgIpc) is 2.88. The van der Waals surface area contributed by atoms with Crippen molar-refractivity contribution in [2.75, 3.05) is 18.4 Å². The van der Waals surface area contributed by atoms with Gasteiger partial charge in [-0.25, -0.2) is 4.68 Å². The Bertz CT molecular complexity index is 530. The molecule has 1 aromatic heterocycles. The third-order valence-electron chi connectivity index (χ3n) is 3.79. The van der Waals surface area contributed by atoms with Crippen LogP contribution in [0.3, 0.4) is 0 Å². The molecule has 20 heavy (non-hydrogen) atoms. The van der Waals surface area contributed by atoms with Crippen molar-refractivity contribution in [2.45, 2.75) is 25.4 Å². The van der Waals surface area contributed by atoms with Crippen LogP contribution in [0.5, 0.6) is 0 Å². The highest BCUT2D eigenvalue weighted by Gasteiger charge is 2.20. The SMILES string of the molecule is Cn1nnnc1NC1CCN(Cc2ccccc2)CC1. The van der Waals surface area contributed by atoms with Crippen LogP contribution in [-0.2, 0) is 13.6 Å². The summed E-state index contributed by atoms with van der Waals surface area (Å²) >= 11 is 0. The van der Waals surface area contributed by atoms with Crippen molar-refractivity contribution in [2.24, 2.45) is 7.05 Å². The lowest BCUT2D eigenvalue weighted by Gasteiger charge is -2.32. The zero-order chi connectivity index (χ0) is 13.8. The van der Waals surface area contributed by atoms with Crippen LogP contribution in [0.15, 0.2) is 30.3 Å². The zero-order valence-corrected chi connectivity index (χ0v) is 11.7. The van der Waals surface area contributed by atoms with E-state index >= 15 is 0 Å². The number of piperidine rings is 1. The Balaban J connectivity index is 1.49. The standard InChI is InChI=1S/C14H20N6/c1-19-14(16-17-18-19)15-13-7-9-20(10-8-13)11-12-5-3-2-4-6-12/h2-6,13H,7-11H2,1H3,(H,15,16,18). The number of aromatic nitrogens is 4. The Kier molecular flexibility index (Phi) is 3.92. The molecule has 2 aromatic rings. The van der Waals surface area contributed by atoms with E-state index < -0.39 is 0 Å². The molecule has 0 saturated carbocycles. The summed E-state index contributed by atoms with van der Waals surface area (Å²) in [7, 11) is 1.85. The predicted molar refractivity (Wildman–Crippen MR) is 77.2 cm³/mol. The maximum Gasteiger partial charge on any atom is 0.242 e. The molecular weight excluding hydrogens is 252 g/mol. The van der Waals surface area contributed by atoms with E-state index in [4.69, 9.17) is 0 Å². The van der Waals surface area contributed by atoms with Gasteiger partial charge >= 0.3 is 0 Å². The van der Waals surface area contributed by atoms with Crippen LogP contribution in [0.1, 0.15) is 18.4 Å². The van der Waals surface area contributed by atoms with Gasteiger partial charge in [0, 0.05) is 32.7 Å². The van der Waals surface area contributed by atoms with Gasteiger partial charge in [-0.15, -0.1) is 0 Å². The number of hydrogen-bond acceptors (Lipinski definition) is 5. The highest BCUT2D eigenvalue weighted by Crippen LogP contribution is 2.16. The van der Waals surface area contributed by atoms with E-state index in [1.807, 2.05) is 7.05 Å². The number of nitrogens with one attached hydrogen (secondary N) is 1. The van der Waals surface area contributed by atoms with Crippen molar-refractivity contribution in [3.05, 3.63) is 35.9 Å². The normalized spacial score (nSPS) is 17.2. The molecule has 1 fully saturated rings. The second-order valence-corrected chi connectivity index (χ2v) is 5.31. The Labute approximate surface area is 118 Å². The molecule has 3 rings (SSSR count). The molecule has 0 aliphatic carbocycles. The molecule has 106 valence electrons. The van der Waals surface area contributed by atoms with E-state index in [1.165, 1.54) is 5.56 Å². The number of benzene rings is 1. The molecule has 1 N–H and O–H groups in total. The number of likely N-dealkylation sites (tertiary alicyclic amines) is 1. The van der Waals surface area contributed by atoms with Gasteiger partial charge in [-0.05, 0) is 28.8 Å². The Morgan fingerprint density at radius 3 is 2.60 bits per heavy atom. The number of anilines is 1. The molecule has 1 aliphatic heterocycles. The molecule has 1 aromatic carbocycles. The lowest BCUT2D eigenvalue weighted by Crippen LogP contribution is -2.39. The summed E-state index contributed by atoms with van der Waals surface area (Å²) in [6.07, 6.45) is 2.25. The topological polar surface area (TPSA) is 58.9 Å². The Hall–Kier alpha value is -1.95. The minimum atomic E-state index is 0.465. The second kappa shape index (κ2) is 6.00. The fourth-order valence-electron chi connectivity index (χ4n) is 2.61. The maximum absolute atomic E-state index is 3.97. The van der Waals surface area contributed by atoms with Gasteiger partial charge in [-0.1, -0.05) is 35.4 Å². The van der Waals surface area contributed by atoms with E-state index in [0.717, 1.165) is 38.4 Å². The summed E-state index contributed by atoms with van der Waals surface area (Å²) in [6.45, 7) is 3.26. The minimum absolute atomic E-state index is 0.465. The van der Waals surface area contributed by atoms with Crippen molar-refractivity contribution in [3.8, 4) is 0 Å². The molecule has 0 atom stereocenters. The zero-order valence-electron chi connectivity index (χ0n) is 11.7. The fraction of sp³-hybridized carbons (Fsp3) is 0.500. The number of rotatable bonds is 4. The second-order valence-electron chi connectivity index (χ2n) is 5.31. The van der Waals surface area contributed by atoms with Crippen LogP contribution in [-0.4, -0.2) is 44.2 Å². The maximum atomic E-state index is 3.97. The van der Waals surface area contributed by atoms with E-state index in [0.29, 0.717) is 6.04 Å². The number of tetrazole rings is 1. The van der Waals surface area contributed by atoms with Crippen molar-refractivity contribution < 1.29 is 0 Å². The largest absolute Gasteiger partial charge is 0.350 e. The van der Waals surface area contributed by atoms with Crippen LogP contribution < -0.4 is 5.32 Å². The number of aryl methyl sites for hydroxylation is 1. The van der Waals surface area contributed by atoms with E-state index in [9.17, 15) is 0 Å². The van der Waals surface area contributed by atoms with E-state index in [2.05, 4.69) is 56.1 Å². The first kappa shape index (κ1) is 13.1. The van der Waals surface area contributed by atoms with Gasteiger partial charge in [0.15, 0.2) is 0 Å². The molecule has 6 nitrogen and oxygen atoms in total. The molecule has 1 saturated heterocycles. The summed E-state index contributed by atoms with van der Waals surface area (Å²) in [4.78, 5) is 2.50. The van der Waals surface area contributed by atoms with Crippen molar-refractivity contribution in [1.29, 1.82) is 0 Å². The molecule has 0 amide bonds. The summed E-state index contributed by atoms with van der Waals surface area (Å²) in [5, 5.41) is 14.9. The number of nitrogens with zero attached hydrogens (tertiary/aromatic N) is 5. The Morgan fingerprint density at radius 2 is 1.95 bits per heavy atom. The highest BCUT2D eigenvalue weighted by atomic mass is 15.6. The molecule has 0 bridgehead atoms. The molecule has 6 heteroatoms. The van der Waals surface area contributed by atoms with Gasteiger partial charge in [0.25, 0.3) is 0 Å². The molecule has 1 aliphatic rings. The van der Waals surface area contributed by atoms with E-state index in [-0.39, 0.29) is 0 Å².